The number of nitrogens with one attached hydrogen (secondary N) is 1. The van der Waals surface area contributed by atoms with Gasteiger partial charge < -0.3 is 14.8 Å². The first kappa shape index (κ1) is 17.9. The molecule has 3 heterocycles. The third-order valence-corrected chi connectivity index (χ3v) is 5.74. The topological polar surface area (TPSA) is 118 Å². The summed E-state index contributed by atoms with van der Waals surface area (Å²) in [6, 6.07) is 11.5. The molecule has 0 unspecified atom stereocenters. The Balaban J connectivity index is 1.65. The number of ether oxygens (including phenoxy) is 1. The van der Waals surface area contributed by atoms with Crippen LogP contribution in [-0.2, 0) is 9.84 Å². The van der Waals surface area contributed by atoms with Crippen molar-refractivity contribution in [1.82, 2.24) is 19.9 Å². The van der Waals surface area contributed by atoms with E-state index < -0.39 is 9.84 Å². The second-order valence-corrected chi connectivity index (χ2v) is 8.20. The molecule has 0 bridgehead atoms. The van der Waals surface area contributed by atoms with Gasteiger partial charge in [0.15, 0.2) is 32.2 Å². The molecule has 2 N–H and O–H groups in total. The summed E-state index contributed by atoms with van der Waals surface area (Å²) in [5, 5.41) is 10.2. The molecular weight excluding hydrogens is 380 g/mol. The average Bonchev–Trinajstić information content (AvgIpc) is 3.12. The maximum Gasteiger partial charge on any atom is 0.195 e. The fourth-order valence-corrected chi connectivity index (χ4v) is 3.40. The first-order valence-electron chi connectivity index (χ1n) is 8.47. The second-order valence-electron chi connectivity index (χ2n) is 5.98. The Labute approximate surface area is 160 Å². The van der Waals surface area contributed by atoms with Crippen molar-refractivity contribution < 1.29 is 18.3 Å². The molecule has 4 aromatic rings. The van der Waals surface area contributed by atoms with E-state index in [1.54, 1.807) is 19.2 Å². The molecule has 0 radical (unpaired) electrons. The number of nitrogens with zero attached hydrogens (tertiary/aromatic N) is 3. The van der Waals surface area contributed by atoms with E-state index in [1.807, 2.05) is 18.2 Å². The van der Waals surface area contributed by atoms with Gasteiger partial charge in [-0.2, -0.15) is 0 Å². The zero-order chi connectivity index (χ0) is 19.7. The molecule has 0 saturated carbocycles. The van der Waals surface area contributed by atoms with Gasteiger partial charge in [0.1, 0.15) is 11.4 Å². The Morgan fingerprint density at radius 3 is 2.68 bits per heavy atom. The zero-order valence-corrected chi connectivity index (χ0v) is 15.6. The monoisotopic (exact) mass is 396 g/mol. The SMILES string of the molecule is CCS(=O)(=O)c1ccc(Oc2cc3[nH]c(-c4ccccn4)nc3cc2O)cn1. The van der Waals surface area contributed by atoms with Crippen molar-refractivity contribution in [3.63, 3.8) is 0 Å². The van der Waals surface area contributed by atoms with E-state index in [-0.39, 0.29) is 22.3 Å². The van der Waals surface area contributed by atoms with Crippen LogP contribution in [-0.4, -0.2) is 39.2 Å². The standard InChI is InChI=1S/C19H16N4O4S/c1-2-28(25,26)18-7-6-12(11-21-18)27-17-10-15-14(9-16(17)24)22-19(23-15)13-5-3-4-8-20-13/h3-11,24H,2H2,1H3,(H,22,23). The van der Waals surface area contributed by atoms with Gasteiger partial charge in [-0.15, -0.1) is 0 Å². The van der Waals surface area contributed by atoms with Crippen molar-refractivity contribution in [3.8, 4) is 28.8 Å². The second kappa shape index (κ2) is 6.93. The number of rotatable bonds is 5. The van der Waals surface area contributed by atoms with Crippen LogP contribution in [0.25, 0.3) is 22.6 Å². The molecule has 3 aromatic heterocycles. The minimum absolute atomic E-state index is 0.0180. The van der Waals surface area contributed by atoms with Crippen molar-refractivity contribution >= 4 is 20.9 Å². The van der Waals surface area contributed by atoms with Crippen molar-refractivity contribution in [2.24, 2.45) is 0 Å². The first-order chi connectivity index (χ1) is 13.5. The molecule has 142 valence electrons. The smallest absolute Gasteiger partial charge is 0.195 e. The summed E-state index contributed by atoms with van der Waals surface area (Å²) in [4.78, 5) is 15.7. The van der Waals surface area contributed by atoms with Gasteiger partial charge in [0.25, 0.3) is 0 Å². The maximum absolute atomic E-state index is 11.8. The lowest BCUT2D eigenvalue weighted by molar-refractivity contribution is 0.411. The van der Waals surface area contributed by atoms with Crippen molar-refractivity contribution in [1.29, 1.82) is 0 Å². The van der Waals surface area contributed by atoms with Crippen LogP contribution in [0.4, 0.5) is 0 Å². The number of phenolic OH excluding ortho intramolecular Hbond substituents is 1. The Bertz CT molecular complexity index is 1240. The van der Waals surface area contributed by atoms with Crippen LogP contribution in [0.1, 0.15) is 6.92 Å². The van der Waals surface area contributed by atoms with Gasteiger partial charge in [-0.25, -0.2) is 18.4 Å². The Hall–Kier alpha value is -3.46. The molecule has 4 rings (SSSR count). The van der Waals surface area contributed by atoms with Crippen LogP contribution < -0.4 is 4.74 Å². The Kier molecular flexibility index (Phi) is 4.44. The molecule has 1 aromatic carbocycles. The minimum Gasteiger partial charge on any atom is -0.504 e. The number of hydrogen-bond donors (Lipinski definition) is 2. The molecule has 9 heteroatoms. The van der Waals surface area contributed by atoms with Gasteiger partial charge in [-0.1, -0.05) is 13.0 Å². The number of sulfone groups is 1. The number of hydrogen-bond acceptors (Lipinski definition) is 7. The number of benzene rings is 1. The number of aromatic nitrogens is 4. The molecule has 0 aliphatic heterocycles. The van der Waals surface area contributed by atoms with Gasteiger partial charge in [0.2, 0.25) is 0 Å². The number of pyridine rings is 2. The lowest BCUT2D eigenvalue weighted by Crippen LogP contribution is -2.05. The van der Waals surface area contributed by atoms with E-state index in [1.165, 1.54) is 24.4 Å². The van der Waals surface area contributed by atoms with Gasteiger partial charge in [0.05, 0.1) is 23.0 Å². The summed E-state index contributed by atoms with van der Waals surface area (Å²) in [6.45, 7) is 1.55. The highest BCUT2D eigenvalue weighted by Crippen LogP contribution is 2.34. The van der Waals surface area contributed by atoms with E-state index in [9.17, 15) is 13.5 Å². The average molecular weight is 396 g/mol. The number of phenols is 1. The van der Waals surface area contributed by atoms with Crippen LogP contribution >= 0.6 is 0 Å². The Morgan fingerprint density at radius 2 is 2.00 bits per heavy atom. The normalized spacial score (nSPS) is 11.6. The molecule has 0 fully saturated rings. The summed E-state index contributed by atoms with van der Waals surface area (Å²) in [7, 11) is -3.38. The number of fused-ring (bicyclic) bond motifs is 1. The van der Waals surface area contributed by atoms with Gasteiger partial charge in [-0.05, 0) is 24.3 Å². The number of aromatic hydroxyl groups is 1. The third-order valence-electron chi connectivity index (χ3n) is 4.11. The van der Waals surface area contributed by atoms with Crippen LogP contribution in [0.2, 0.25) is 0 Å². The largest absolute Gasteiger partial charge is 0.504 e. The molecule has 0 amide bonds. The van der Waals surface area contributed by atoms with Gasteiger partial charge in [-0.3, -0.25) is 4.98 Å². The van der Waals surface area contributed by atoms with Crippen LogP contribution in [0, 0.1) is 0 Å². The van der Waals surface area contributed by atoms with Crippen LogP contribution in [0.5, 0.6) is 17.2 Å². The van der Waals surface area contributed by atoms with E-state index in [4.69, 9.17) is 4.74 Å². The molecule has 8 nitrogen and oxygen atoms in total. The van der Waals surface area contributed by atoms with Crippen LogP contribution in [0.15, 0.2) is 59.9 Å². The molecule has 0 spiro atoms. The summed E-state index contributed by atoms with van der Waals surface area (Å²) in [5.74, 6) is 0.932. The van der Waals surface area contributed by atoms with Crippen molar-refractivity contribution in [3.05, 3.63) is 54.9 Å². The van der Waals surface area contributed by atoms with E-state index >= 15 is 0 Å². The highest BCUT2D eigenvalue weighted by atomic mass is 32.2. The minimum atomic E-state index is -3.38. The van der Waals surface area contributed by atoms with E-state index in [0.717, 1.165) is 0 Å². The van der Waals surface area contributed by atoms with E-state index in [0.29, 0.717) is 28.3 Å². The molecule has 28 heavy (non-hydrogen) atoms. The number of H-pyrrole nitrogens is 1. The summed E-state index contributed by atoms with van der Waals surface area (Å²) >= 11 is 0. The maximum atomic E-state index is 11.8. The van der Waals surface area contributed by atoms with Crippen molar-refractivity contribution in [2.75, 3.05) is 5.75 Å². The molecular formula is C19H16N4O4S. The van der Waals surface area contributed by atoms with Gasteiger partial charge >= 0.3 is 0 Å². The molecule has 0 aliphatic rings. The zero-order valence-electron chi connectivity index (χ0n) is 14.8. The molecule has 0 aliphatic carbocycles. The summed E-state index contributed by atoms with van der Waals surface area (Å²) in [5.41, 5.74) is 1.90. The van der Waals surface area contributed by atoms with E-state index in [2.05, 4.69) is 19.9 Å². The fraction of sp³-hybridized carbons (Fsp3) is 0.105. The fourth-order valence-electron chi connectivity index (χ4n) is 2.62. The number of imidazole rings is 1. The highest BCUT2D eigenvalue weighted by Gasteiger charge is 2.15. The predicted molar refractivity (Wildman–Crippen MR) is 103 cm³/mol. The predicted octanol–water partition coefficient (Wildman–Crippen LogP) is 3.31. The molecule has 0 saturated heterocycles. The summed E-state index contributed by atoms with van der Waals surface area (Å²) in [6.07, 6.45) is 2.97. The first-order valence-corrected chi connectivity index (χ1v) is 10.1. The van der Waals surface area contributed by atoms with Crippen LogP contribution in [0.3, 0.4) is 0 Å². The quantitative estimate of drug-likeness (QED) is 0.531. The lowest BCUT2D eigenvalue weighted by atomic mass is 10.3. The lowest BCUT2D eigenvalue weighted by Gasteiger charge is -2.08. The third kappa shape index (κ3) is 3.39. The highest BCUT2D eigenvalue weighted by molar-refractivity contribution is 7.91. The van der Waals surface area contributed by atoms with Gasteiger partial charge in [0, 0.05) is 18.3 Å². The number of aromatic amines is 1. The summed E-state index contributed by atoms with van der Waals surface area (Å²) < 4.78 is 29.3. The van der Waals surface area contributed by atoms with Crippen molar-refractivity contribution in [2.45, 2.75) is 11.9 Å². The molecule has 0 atom stereocenters. The Morgan fingerprint density at radius 1 is 1.14 bits per heavy atom.